The molecule has 9 aromatic rings. The predicted molar refractivity (Wildman–Crippen MR) is 314 cm³/mol. The van der Waals surface area contributed by atoms with E-state index < -0.39 is 0 Å². The van der Waals surface area contributed by atoms with Crippen LogP contribution in [0.3, 0.4) is 0 Å². The monoisotopic (exact) mass is 947 g/mol. The van der Waals surface area contributed by atoms with Crippen LogP contribution in [0.5, 0.6) is 0 Å². The smallest absolute Gasteiger partial charge is 0.251 e. The van der Waals surface area contributed by atoms with Crippen molar-refractivity contribution >= 4 is 56.4 Å². The van der Waals surface area contributed by atoms with Crippen LogP contribution in [0.2, 0.25) is 0 Å². The maximum Gasteiger partial charge on any atom is 0.251 e. The molecule has 3 heteroatoms. The Kier molecular flexibility index (Phi) is 9.84. The van der Waals surface area contributed by atoms with Crippen LogP contribution in [0.25, 0.3) is 66.4 Å². The van der Waals surface area contributed by atoms with Crippen molar-refractivity contribution in [3.63, 3.8) is 0 Å². The minimum Gasteiger partial charge on any atom is -0.314 e. The number of benzene rings is 8. The molecule has 1 unspecified atom stereocenters. The molecule has 3 aliphatic heterocycles. The number of hydrogen-bond donors (Lipinski definition) is 0. The Hall–Kier alpha value is -7.10. The zero-order valence-corrected chi connectivity index (χ0v) is 44.9. The molecular formula is C70H67BN2. The quantitative estimate of drug-likeness (QED) is 0.160. The Balaban J connectivity index is 1.07. The first kappa shape index (κ1) is 45.7. The molecule has 0 N–H and O–H groups in total. The van der Waals surface area contributed by atoms with Crippen molar-refractivity contribution in [2.24, 2.45) is 0 Å². The van der Waals surface area contributed by atoms with Gasteiger partial charge in [0.2, 0.25) is 0 Å². The zero-order valence-electron chi connectivity index (χ0n) is 44.9. The van der Waals surface area contributed by atoms with Gasteiger partial charge in [-0.05, 0) is 159 Å². The molecule has 0 saturated carbocycles. The van der Waals surface area contributed by atoms with Crippen LogP contribution < -0.4 is 15.8 Å². The van der Waals surface area contributed by atoms with Gasteiger partial charge in [0.15, 0.2) is 0 Å². The van der Waals surface area contributed by atoms with Crippen molar-refractivity contribution in [1.29, 1.82) is 0 Å². The molecule has 1 atom stereocenters. The fraction of sp³-hybridized carbons (Fsp3) is 0.257. The topological polar surface area (TPSA) is 8.17 Å². The average Bonchev–Trinajstić information content (AvgIpc) is 3.88. The molecule has 73 heavy (non-hydrogen) atoms. The highest BCUT2D eigenvalue weighted by Crippen LogP contribution is 2.58. The third kappa shape index (κ3) is 7.20. The van der Waals surface area contributed by atoms with E-state index in [1.165, 1.54) is 133 Å². The van der Waals surface area contributed by atoms with E-state index in [0.29, 0.717) is 0 Å². The second-order valence-corrected chi connectivity index (χ2v) is 25.9. The Morgan fingerprint density at radius 1 is 0.425 bits per heavy atom. The van der Waals surface area contributed by atoms with Crippen LogP contribution in [0.4, 0.5) is 11.4 Å². The molecule has 1 aliphatic carbocycles. The fourth-order valence-corrected chi connectivity index (χ4v) is 12.8. The lowest BCUT2D eigenvalue weighted by atomic mass is 9.32. The third-order valence-electron chi connectivity index (χ3n) is 17.0. The first-order chi connectivity index (χ1) is 34.7. The standard InChI is InChI=1S/C70H67BN2/c1-67(2,3)50-26-16-42(17-27-50)46-24-34-60-54(36-46)56-38-48(44-20-30-52(31-21-44)69(7,8)9)40-58-65(56)72(60)62-14-13-15-63-64(62)71(58)59-41-49(45-22-32-53(33-23-45)70(10,11)12)39-57-55-37-47(25-35-61(55)73(63)66(57)59)43-18-28-51(29-19-43)68(4,5)6/h13-38,40-41,57H,39H2,1-12H3. The molecule has 0 radical (unpaired) electrons. The second-order valence-electron chi connectivity index (χ2n) is 25.9. The summed E-state index contributed by atoms with van der Waals surface area (Å²) in [6.45, 7) is 27.7. The van der Waals surface area contributed by atoms with Crippen molar-refractivity contribution in [3.8, 4) is 39.1 Å². The van der Waals surface area contributed by atoms with Gasteiger partial charge in [-0.15, -0.1) is 0 Å². The fourth-order valence-electron chi connectivity index (χ4n) is 12.8. The maximum absolute atomic E-state index is 2.68. The molecule has 0 bridgehead atoms. The number of rotatable bonds is 4. The van der Waals surface area contributed by atoms with Gasteiger partial charge in [0, 0.05) is 45.0 Å². The largest absolute Gasteiger partial charge is 0.314 e. The van der Waals surface area contributed by atoms with Crippen molar-refractivity contribution in [2.45, 2.75) is 117 Å². The number of fused-ring (bicyclic) bond motifs is 10. The van der Waals surface area contributed by atoms with Crippen LogP contribution in [-0.4, -0.2) is 11.3 Å². The summed E-state index contributed by atoms with van der Waals surface area (Å²) in [7, 11) is 0. The lowest BCUT2D eigenvalue weighted by Gasteiger charge is -2.41. The summed E-state index contributed by atoms with van der Waals surface area (Å²) in [5.41, 5.74) is 29.6. The van der Waals surface area contributed by atoms with Gasteiger partial charge < -0.3 is 9.47 Å². The maximum atomic E-state index is 2.68. The lowest BCUT2D eigenvalue weighted by molar-refractivity contribution is 0.590. The second kappa shape index (κ2) is 15.7. The van der Waals surface area contributed by atoms with E-state index in [0.717, 1.165) is 6.42 Å². The van der Waals surface area contributed by atoms with E-state index in [4.69, 9.17) is 0 Å². The molecule has 0 fully saturated rings. The molecular weight excluding hydrogens is 880 g/mol. The van der Waals surface area contributed by atoms with E-state index in [2.05, 4.69) is 262 Å². The van der Waals surface area contributed by atoms with Crippen LogP contribution >= 0.6 is 0 Å². The highest BCUT2D eigenvalue weighted by atomic mass is 15.2. The molecule has 0 amide bonds. The van der Waals surface area contributed by atoms with Crippen molar-refractivity contribution in [2.75, 3.05) is 4.90 Å². The normalized spacial score (nSPS) is 16.0. The summed E-state index contributed by atoms with van der Waals surface area (Å²) < 4.78 is 2.62. The summed E-state index contributed by atoms with van der Waals surface area (Å²) in [5.74, 6) is 0.196. The van der Waals surface area contributed by atoms with Gasteiger partial charge in [-0.3, -0.25) is 0 Å². The summed E-state index contributed by atoms with van der Waals surface area (Å²) in [4.78, 5) is 2.68. The molecule has 4 aliphatic rings. The lowest BCUT2D eigenvalue weighted by Crippen LogP contribution is -2.54. The van der Waals surface area contributed by atoms with Gasteiger partial charge in [-0.2, -0.15) is 0 Å². The number of allylic oxidation sites excluding steroid dienone is 4. The van der Waals surface area contributed by atoms with Gasteiger partial charge in [0.25, 0.3) is 6.71 Å². The molecule has 360 valence electrons. The Morgan fingerprint density at radius 2 is 0.890 bits per heavy atom. The summed E-state index contributed by atoms with van der Waals surface area (Å²) >= 11 is 0. The molecule has 13 rings (SSSR count). The van der Waals surface area contributed by atoms with Gasteiger partial charge in [-0.1, -0.05) is 210 Å². The van der Waals surface area contributed by atoms with E-state index >= 15 is 0 Å². The number of aromatic nitrogens is 1. The Bertz CT molecular complexity index is 3810. The highest BCUT2D eigenvalue weighted by Gasteiger charge is 2.49. The van der Waals surface area contributed by atoms with Crippen molar-refractivity contribution in [3.05, 3.63) is 214 Å². The van der Waals surface area contributed by atoms with Gasteiger partial charge in [0.1, 0.15) is 0 Å². The molecule has 8 aromatic carbocycles. The Morgan fingerprint density at radius 3 is 1.44 bits per heavy atom. The summed E-state index contributed by atoms with van der Waals surface area (Å²) in [6.07, 6.45) is 3.57. The third-order valence-corrected chi connectivity index (χ3v) is 17.0. The molecule has 1 aromatic heterocycles. The van der Waals surface area contributed by atoms with Crippen LogP contribution in [0.15, 0.2) is 181 Å². The van der Waals surface area contributed by atoms with E-state index in [9.17, 15) is 0 Å². The number of nitrogens with zero attached hydrogens (tertiary/aromatic N) is 2. The van der Waals surface area contributed by atoms with Gasteiger partial charge in [-0.25, -0.2) is 0 Å². The highest BCUT2D eigenvalue weighted by molar-refractivity contribution is 6.96. The van der Waals surface area contributed by atoms with Crippen LogP contribution in [0.1, 0.15) is 129 Å². The molecule has 0 saturated heterocycles. The van der Waals surface area contributed by atoms with Crippen molar-refractivity contribution in [1.82, 2.24) is 4.57 Å². The minimum absolute atomic E-state index is 0.0281. The zero-order chi connectivity index (χ0) is 50.7. The first-order valence-corrected chi connectivity index (χ1v) is 26.8. The van der Waals surface area contributed by atoms with Crippen molar-refractivity contribution < 1.29 is 0 Å². The van der Waals surface area contributed by atoms with E-state index in [1.807, 2.05) is 0 Å². The van der Waals surface area contributed by atoms with Gasteiger partial charge in [0.05, 0.1) is 5.52 Å². The first-order valence-electron chi connectivity index (χ1n) is 26.8. The predicted octanol–water partition coefficient (Wildman–Crippen LogP) is 17.4. The Labute approximate surface area is 434 Å². The SMILES string of the molecule is CC(C)(C)c1ccc(C2=CC3=C4C(C2)c2cc(-c5ccc(C(C)(C)C)cc5)ccc2N4c2cccc4c2B3c2cc(-c3ccc(C(C)(C)C)cc3)cc3c5cc(-c6ccc(C(C)(C)C)cc6)ccc5n-4c23)cc1. The molecule has 2 nitrogen and oxygen atoms in total. The van der Waals surface area contributed by atoms with Crippen LogP contribution in [-0.2, 0) is 21.7 Å². The summed E-state index contributed by atoms with van der Waals surface area (Å²) in [6, 6.07) is 64.3. The average molecular weight is 947 g/mol. The van der Waals surface area contributed by atoms with E-state index in [-0.39, 0.29) is 34.3 Å². The number of anilines is 2. The van der Waals surface area contributed by atoms with Crippen LogP contribution in [0, 0.1) is 0 Å². The molecule has 4 heterocycles. The van der Waals surface area contributed by atoms with Gasteiger partial charge >= 0.3 is 0 Å². The molecule has 0 spiro atoms. The van der Waals surface area contributed by atoms with E-state index in [1.54, 1.807) is 0 Å². The summed E-state index contributed by atoms with van der Waals surface area (Å²) in [5, 5.41) is 2.60. The minimum atomic E-state index is 0.0281. The number of hydrogen-bond acceptors (Lipinski definition) is 1.